The van der Waals surface area contributed by atoms with Crippen molar-refractivity contribution in [2.75, 3.05) is 6.54 Å². The first kappa shape index (κ1) is 14.2. The second-order valence-electron chi connectivity index (χ2n) is 5.36. The fourth-order valence-electron chi connectivity index (χ4n) is 2.41. The van der Waals surface area contributed by atoms with Gasteiger partial charge in [-0.25, -0.2) is 8.42 Å². The summed E-state index contributed by atoms with van der Waals surface area (Å²) >= 11 is 0. The normalized spacial score (nSPS) is 16.3. The molecule has 1 aliphatic rings. The van der Waals surface area contributed by atoms with Crippen molar-refractivity contribution >= 4 is 10.0 Å². The molecule has 2 aromatic rings. The molecule has 0 bridgehead atoms. The molecule has 3 rings (SSSR count). The Morgan fingerprint density at radius 1 is 1.33 bits per heavy atom. The van der Waals surface area contributed by atoms with Crippen LogP contribution in [0.4, 0.5) is 0 Å². The zero-order chi connectivity index (χ0) is 15.0. The summed E-state index contributed by atoms with van der Waals surface area (Å²) in [7, 11) is -3.43. The van der Waals surface area contributed by atoms with E-state index in [1.54, 1.807) is 6.07 Å². The van der Waals surface area contributed by atoms with Crippen molar-refractivity contribution in [2.24, 2.45) is 0 Å². The minimum Gasteiger partial charge on any atom is -0.364 e. The van der Waals surface area contributed by atoms with Crippen molar-refractivity contribution in [1.82, 2.24) is 24.2 Å². The predicted octanol–water partition coefficient (Wildman–Crippen LogP) is 0.735. The molecule has 0 N–H and O–H groups in total. The van der Waals surface area contributed by atoms with Crippen LogP contribution in [0.2, 0.25) is 0 Å². The van der Waals surface area contributed by atoms with Crippen LogP contribution in [0, 0.1) is 0 Å². The first-order valence-corrected chi connectivity index (χ1v) is 8.37. The third kappa shape index (κ3) is 2.70. The van der Waals surface area contributed by atoms with Crippen LogP contribution >= 0.6 is 0 Å². The average Bonchev–Trinajstić information content (AvgIpc) is 3.05. The summed E-state index contributed by atoms with van der Waals surface area (Å²) in [6.45, 7) is 5.34. The van der Waals surface area contributed by atoms with Gasteiger partial charge in [0.2, 0.25) is 10.0 Å². The Labute approximate surface area is 122 Å². The number of rotatable bonds is 4. The predicted molar refractivity (Wildman–Crippen MR) is 73.6 cm³/mol. The van der Waals surface area contributed by atoms with Crippen molar-refractivity contribution in [2.45, 2.75) is 38.6 Å². The van der Waals surface area contributed by atoms with Crippen LogP contribution in [0.15, 0.2) is 16.9 Å². The second kappa shape index (κ2) is 5.23. The van der Waals surface area contributed by atoms with Crippen molar-refractivity contribution in [1.29, 1.82) is 0 Å². The topological polar surface area (TPSA) is 94.1 Å². The third-order valence-corrected chi connectivity index (χ3v) is 5.24. The molecule has 0 aliphatic carbocycles. The largest absolute Gasteiger partial charge is 0.364 e. The Kier molecular flexibility index (Phi) is 3.54. The summed E-state index contributed by atoms with van der Waals surface area (Å²) in [5, 5.41) is 11.9. The summed E-state index contributed by atoms with van der Waals surface area (Å²) in [5.74, 6) is 1.70. The Morgan fingerprint density at radius 2 is 2.14 bits per heavy atom. The van der Waals surface area contributed by atoms with E-state index in [-0.39, 0.29) is 18.2 Å². The molecule has 2 aromatic heterocycles. The molecule has 0 fully saturated rings. The van der Waals surface area contributed by atoms with Gasteiger partial charge in [-0.15, -0.1) is 10.2 Å². The van der Waals surface area contributed by atoms with E-state index in [0.717, 1.165) is 5.82 Å². The smallest absolute Gasteiger partial charge is 0.220 e. The number of hydrogen-bond donors (Lipinski definition) is 0. The molecular weight excluding hydrogens is 294 g/mol. The Morgan fingerprint density at radius 3 is 2.81 bits per heavy atom. The highest BCUT2D eigenvalue weighted by atomic mass is 32.2. The van der Waals surface area contributed by atoms with Crippen LogP contribution in [0.25, 0.3) is 0 Å². The average molecular weight is 311 g/mol. The molecule has 1 aliphatic heterocycles. The molecule has 9 heteroatoms. The van der Waals surface area contributed by atoms with Crippen molar-refractivity contribution in [3.8, 4) is 0 Å². The molecule has 8 nitrogen and oxygen atoms in total. The van der Waals surface area contributed by atoms with E-state index >= 15 is 0 Å². The number of aromatic nitrogens is 4. The number of sulfonamides is 1. The van der Waals surface area contributed by atoms with Gasteiger partial charge in [0.15, 0.2) is 0 Å². The Bertz CT molecular complexity index is 720. The lowest BCUT2D eigenvalue weighted by Gasteiger charge is -2.27. The first-order valence-electron chi connectivity index (χ1n) is 6.76. The van der Waals surface area contributed by atoms with Gasteiger partial charge in [-0.3, -0.25) is 0 Å². The molecule has 0 aromatic carbocycles. The maximum absolute atomic E-state index is 12.4. The van der Waals surface area contributed by atoms with E-state index < -0.39 is 10.0 Å². The number of fused-ring (bicyclic) bond motifs is 1. The Hall–Kier alpha value is -1.74. The van der Waals surface area contributed by atoms with Gasteiger partial charge in [-0.1, -0.05) is 19.0 Å². The third-order valence-electron chi connectivity index (χ3n) is 3.48. The van der Waals surface area contributed by atoms with Crippen LogP contribution in [-0.2, 0) is 28.9 Å². The van der Waals surface area contributed by atoms with E-state index in [0.29, 0.717) is 24.6 Å². The zero-order valence-electron chi connectivity index (χ0n) is 11.9. The lowest BCUT2D eigenvalue weighted by Crippen LogP contribution is -2.39. The molecule has 0 amide bonds. The van der Waals surface area contributed by atoms with Crippen molar-refractivity contribution in [3.05, 3.63) is 29.7 Å². The minimum absolute atomic E-state index is 0.158. The second-order valence-corrected chi connectivity index (χ2v) is 7.33. The highest BCUT2D eigenvalue weighted by molar-refractivity contribution is 7.88. The van der Waals surface area contributed by atoms with E-state index in [1.165, 1.54) is 10.6 Å². The first-order chi connectivity index (χ1) is 9.97. The molecule has 0 unspecified atom stereocenters. The van der Waals surface area contributed by atoms with E-state index in [2.05, 4.69) is 19.9 Å². The van der Waals surface area contributed by atoms with Crippen LogP contribution in [0.5, 0.6) is 0 Å². The summed E-state index contributed by atoms with van der Waals surface area (Å²) in [6, 6.07) is 1.56. The molecule has 0 radical (unpaired) electrons. The molecule has 114 valence electrons. The monoisotopic (exact) mass is 311 g/mol. The van der Waals surface area contributed by atoms with Gasteiger partial charge in [-0.2, -0.15) is 4.31 Å². The number of nitrogens with zero attached hydrogens (tertiary/aromatic N) is 5. The summed E-state index contributed by atoms with van der Waals surface area (Å²) in [4.78, 5) is 0. The van der Waals surface area contributed by atoms with Gasteiger partial charge in [0, 0.05) is 25.1 Å². The minimum atomic E-state index is -3.43. The van der Waals surface area contributed by atoms with Gasteiger partial charge in [0.25, 0.3) is 0 Å². The molecule has 21 heavy (non-hydrogen) atoms. The molecular formula is C12H17N5O3S. The molecule has 0 spiro atoms. The number of hydrogen-bond acceptors (Lipinski definition) is 6. The summed E-state index contributed by atoms with van der Waals surface area (Å²) in [5.41, 5.74) is 0.407. The van der Waals surface area contributed by atoms with Gasteiger partial charge in [0.05, 0.1) is 12.2 Å². The van der Waals surface area contributed by atoms with E-state index in [4.69, 9.17) is 0 Å². The van der Waals surface area contributed by atoms with Crippen molar-refractivity contribution < 1.29 is 12.9 Å². The quantitative estimate of drug-likeness (QED) is 0.826. The van der Waals surface area contributed by atoms with E-state index in [1.807, 2.05) is 18.4 Å². The fraction of sp³-hybridized carbons (Fsp3) is 0.583. The molecule has 0 saturated heterocycles. The van der Waals surface area contributed by atoms with Gasteiger partial charge >= 0.3 is 0 Å². The maximum atomic E-state index is 12.4. The highest BCUT2D eigenvalue weighted by Gasteiger charge is 2.30. The lowest BCUT2D eigenvalue weighted by molar-refractivity contribution is 0.329. The summed E-state index contributed by atoms with van der Waals surface area (Å²) in [6.07, 6.45) is 1.37. The molecule has 0 atom stereocenters. The van der Waals surface area contributed by atoms with Crippen LogP contribution < -0.4 is 0 Å². The standard InChI is InChI=1S/C12H17N5O3S/c1-9(2)12-14-13-11-7-16(4-5-17(11)12)21(18,19)8-10-3-6-20-15-10/h3,6,9H,4-5,7-8H2,1-2H3. The van der Waals surface area contributed by atoms with Crippen molar-refractivity contribution in [3.63, 3.8) is 0 Å². The van der Waals surface area contributed by atoms with Crippen LogP contribution in [0.3, 0.4) is 0 Å². The highest BCUT2D eigenvalue weighted by Crippen LogP contribution is 2.21. The zero-order valence-corrected chi connectivity index (χ0v) is 12.7. The van der Waals surface area contributed by atoms with Gasteiger partial charge in [0.1, 0.15) is 23.7 Å². The van der Waals surface area contributed by atoms with Crippen LogP contribution in [0.1, 0.15) is 37.1 Å². The SMILES string of the molecule is CC(C)c1nnc2n1CCN(S(=O)(=O)Cc1ccon1)C2. The Balaban J connectivity index is 1.80. The fourth-order valence-corrected chi connectivity index (χ4v) is 3.79. The summed E-state index contributed by atoms with van der Waals surface area (Å²) < 4.78 is 32.9. The maximum Gasteiger partial charge on any atom is 0.220 e. The van der Waals surface area contributed by atoms with Gasteiger partial charge < -0.3 is 9.09 Å². The molecule has 0 saturated carbocycles. The van der Waals surface area contributed by atoms with Gasteiger partial charge in [-0.05, 0) is 0 Å². The van der Waals surface area contributed by atoms with E-state index in [9.17, 15) is 8.42 Å². The lowest BCUT2D eigenvalue weighted by atomic mass is 10.2. The molecule has 3 heterocycles. The van der Waals surface area contributed by atoms with Crippen LogP contribution in [-0.4, -0.2) is 39.2 Å².